The number of hydrogen-bond donors (Lipinski definition) is 2. The van der Waals surface area contributed by atoms with E-state index in [1.165, 1.54) is 88.8 Å². The number of hydrazine groups is 1. The number of nitrogens with zero attached hydrogens (tertiary/aromatic N) is 7. The van der Waals surface area contributed by atoms with Crippen molar-refractivity contribution < 1.29 is 9.57 Å². The molecule has 0 amide bonds. The van der Waals surface area contributed by atoms with Gasteiger partial charge in [0.05, 0.1) is 19.9 Å². The van der Waals surface area contributed by atoms with Crippen LogP contribution in [0.15, 0.2) is 0 Å². The first kappa shape index (κ1) is 91.0. The Labute approximate surface area is 498 Å². The number of hydrogen-bond acceptors (Lipinski definition) is 13. The Kier molecular flexibility index (Phi) is 61.3. The average Bonchev–Trinajstić information content (AvgIpc) is 4.23. The maximum atomic E-state index is 5.35. The van der Waals surface area contributed by atoms with Crippen LogP contribution in [0, 0.1) is 0 Å². The molecule has 0 radical (unpaired) electrons. The molecule has 0 unspecified atom stereocenters. The van der Waals surface area contributed by atoms with Gasteiger partial charge in [-0.3, -0.25) is 29.9 Å². The third kappa shape index (κ3) is 50.5. The molecule has 2 N–H and O–H groups in total. The third-order valence-electron chi connectivity index (χ3n) is 11.9. The van der Waals surface area contributed by atoms with Crippen molar-refractivity contribution in [3.63, 3.8) is 0 Å². The van der Waals surface area contributed by atoms with E-state index in [9.17, 15) is 0 Å². The van der Waals surface area contributed by atoms with E-state index in [-0.39, 0.29) is 11.1 Å². The van der Waals surface area contributed by atoms with Crippen LogP contribution in [0.25, 0.3) is 0 Å². The molecule has 77 heavy (non-hydrogen) atoms. The maximum Gasteiger partial charge on any atom is 0.0995 e. The molecule has 7 fully saturated rings. The van der Waals surface area contributed by atoms with Gasteiger partial charge in [0.2, 0.25) is 0 Å². The summed E-state index contributed by atoms with van der Waals surface area (Å²) in [5.74, 6) is 3.86. The Bertz CT molecular complexity index is 886. The fraction of sp³-hybridized carbons (Fsp3) is 1.00. The summed E-state index contributed by atoms with van der Waals surface area (Å²) >= 11 is 4.02. The van der Waals surface area contributed by atoms with Gasteiger partial charge in [-0.1, -0.05) is 109 Å². The summed E-state index contributed by atoms with van der Waals surface area (Å²) in [6.07, 6.45) is 6.63. The number of rotatable bonds is 0. The zero-order valence-corrected chi connectivity index (χ0v) is 61.5. The molecule has 0 saturated carbocycles. The van der Waals surface area contributed by atoms with Gasteiger partial charge < -0.3 is 10.1 Å². The minimum Gasteiger partial charge on any atom is -0.365 e. The molecule has 0 atom stereocenters. The average molecular weight is 1140 g/mol. The quantitative estimate of drug-likeness (QED) is 0.227. The van der Waals surface area contributed by atoms with Gasteiger partial charge in [-0.15, -0.1) is 11.8 Å². The van der Waals surface area contributed by atoms with E-state index in [1.807, 2.05) is 126 Å². The van der Waals surface area contributed by atoms with Gasteiger partial charge in [0, 0.05) is 115 Å². The van der Waals surface area contributed by atoms with Crippen LogP contribution in [-0.4, -0.2) is 182 Å². The first-order valence-electron chi connectivity index (χ1n) is 31.9. The van der Waals surface area contributed by atoms with Crippen LogP contribution in [0.1, 0.15) is 274 Å². The van der Waals surface area contributed by atoms with Crippen LogP contribution in [0.4, 0.5) is 0 Å². The Morgan fingerprint density at radius 1 is 0.364 bits per heavy atom. The van der Waals surface area contributed by atoms with Gasteiger partial charge in [0.1, 0.15) is 0 Å². The van der Waals surface area contributed by atoms with Crippen molar-refractivity contribution in [3.05, 3.63) is 0 Å². The van der Waals surface area contributed by atoms with Crippen molar-refractivity contribution in [2.24, 2.45) is 0 Å². The summed E-state index contributed by atoms with van der Waals surface area (Å²) in [4.78, 5) is 15.2. The molecule has 476 valence electrons. The van der Waals surface area contributed by atoms with E-state index in [1.54, 1.807) is 0 Å². The minimum absolute atomic E-state index is 0.191. The van der Waals surface area contributed by atoms with E-state index < -0.39 is 0 Å². The predicted octanol–water partition coefficient (Wildman–Crippen LogP) is 17.1. The predicted molar refractivity (Wildman–Crippen MR) is 360 cm³/mol. The molecule has 13 heteroatoms. The standard InChI is InChI=1S/C8H17N.2C7H16N2.2C7H15NO.2C7H15NS.7C2H6/c1-8(2,3)9-6-4-5-7-9;1-7(2,3)9-5-4-8-6-9;1-7(2,3)9-6-4-5-8-9;1-7(2,3)8-4-5-9-6-8;1-7(2,3)8-5-4-6-9-8;1-7(2,3)8-4-5-9-6-8;1-7(2,3)8-5-4-6-9-8;7*1-2/h4-7H2,1-3H3;2*8H,4-6H2,1-3H3;4*4-6H2,1-3H3;7*1-2H3. The van der Waals surface area contributed by atoms with Crippen molar-refractivity contribution in [1.29, 1.82) is 0 Å². The lowest BCUT2D eigenvalue weighted by Crippen LogP contribution is -2.45. The monoisotopic (exact) mass is 1140 g/mol. The molecule has 0 aromatic carbocycles. The van der Waals surface area contributed by atoms with Crippen molar-refractivity contribution in [1.82, 2.24) is 44.7 Å². The molecule has 0 spiro atoms. The van der Waals surface area contributed by atoms with E-state index in [2.05, 4.69) is 185 Å². The number of hydroxylamine groups is 2. The Balaban J connectivity index is -0.000000143. The molecule has 7 aliphatic heterocycles. The van der Waals surface area contributed by atoms with Crippen molar-refractivity contribution in [2.75, 3.05) is 109 Å². The number of ether oxygens (including phenoxy) is 1. The third-order valence-corrected chi connectivity index (χ3v) is 14.4. The summed E-state index contributed by atoms with van der Waals surface area (Å²) in [7, 11) is 0. The molecule has 0 aliphatic carbocycles. The van der Waals surface area contributed by atoms with Gasteiger partial charge in [-0.2, -0.15) is 5.06 Å². The fourth-order valence-corrected chi connectivity index (χ4v) is 9.75. The van der Waals surface area contributed by atoms with E-state index in [4.69, 9.17) is 9.57 Å². The smallest absolute Gasteiger partial charge is 0.0995 e. The molecule has 7 saturated heterocycles. The van der Waals surface area contributed by atoms with Crippen LogP contribution in [-0.2, 0) is 9.57 Å². The Hall–Kier alpha value is 0.260. The molecule has 7 heterocycles. The molecular weight excluding hydrogens is 991 g/mol. The summed E-state index contributed by atoms with van der Waals surface area (Å²) < 4.78 is 7.67. The summed E-state index contributed by atoms with van der Waals surface area (Å²) in [5, 5.41) is 7.65. The SMILES string of the molecule is CC.CC.CC.CC.CC.CC.CC.CC(C)(C)N1CCCC1.CC(C)(C)N1CCCN1.CC(C)(C)N1CCCO1.CC(C)(C)N1CCCS1.CC(C)(C)N1CCNC1.CC(C)(C)N1CCOC1.CC(C)(C)N1CCSC1. The second-order valence-electron chi connectivity index (χ2n) is 24.9. The molecule has 0 aromatic heterocycles. The molecule has 7 aliphatic rings. The fourth-order valence-electron chi connectivity index (χ4n) is 7.41. The lowest BCUT2D eigenvalue weighted by molar-refractivity contribution is -0.166. The van der Waals surface area contributed by atoms with Gasteiger partial charge in [-0.25, -0.2) is 9.31 Å². The van der Waals surface area contributed by atoms with E-state index >= 15 is 0 Å². The lowest BCUT2D eigenvalue weighted by atomic mass is 10.1. The highest BCUT2D eigenvalue weighted by molar-refractivity contribution is 7.99. The molecular formula is C64H151N9O2S2. The Morgan fingerprint density at radius 2 is 0.844 bits per heavy atom. The second-order valence-corrected chi connectivity index (χ2v) is 27.1. The van der Waals surface area contributed by atoms with Gasteiger partial charge in [0.25, 0.3) is 0 Å². The van der Waals surface area contributed by atoms with Crippen molar-refractivity contribution in [3.8, 4) is 0 Å². The Morgan fingerprint density at radius 3 is 1.03 bits per heavy atom. The van der Waals surface area contributed by atoms with Crippen LogP contribution in [0.2, 0.25) is 0 Å². The molecule has 0 aromatic rings. The largest absolute Gasteiger partial charge is 0.365 e. The maximum absolute atomic E-state index is 5.35. The summed E-state index contributed by atoms with van der Waals surface area (Å²) in [6, 6.07) is 0. The van der Waals surface area contributed by atoms with Crippen LogP contribution in [0.3, 0.4) is 0 Å². The highest BCUT2D eigenvalue weighted by atomic mass is 32.2. The number of thioether (sulfide) groups is 1. The van der Waals surface area contributed by atoms with Crippen LogP contribution < -0.4 is 10.7 Å². The van der Waals surface area contributed by atoms with Crippen LogP contribution in [0.5, 0.6) is 0 Å². The first-order chi connectivity index (χ1) is 35.7. The second kappa shape index (κ2) is 51.9. The van der Waals surface area contributed by atoms with Gasteiger partial charge >= 0.3 is 0 Å². The van der Waals surface area contributed by atoms with E-state index in [0.29, 0.717) is 27.7 Å². The number of nitrogens with one attached hydrogen (secondary N) is 2. The topological polar surface area (TPSA) is 65.2 Å². The normalized spacial score (nSPS) is 19.4. The van der Waals surface area contributed by atoms with Crippen molar-refractivity contribution >= 4 is 23.7 Å². The molecule has 11 nitrogen and oxygen atoms in total. The van der Waals surface area contributed by atoms with Crippen LogP contribution >= 0.6 is 23.7 Å². The zero-order chi connectivity index (χ0) is 62.3. The zero-order valence-electron chi connectivity index (χ0n) is 59.8. The van der Waals surface area contributed by atoms with Crippen molar-refractivity contribution in [2.45, 2.75) is 313 Å². The minimum atomic E-state index is 0.191. The van der Waals surface area contributed by atoms with Gasteiger partial charge in [0.15, 0.2) is 0 Å². The summed E-state index contributed by atoms with van der Waals surface area (Å²) in [6.45, 7) is 90.8. The molecule has 0 bridgehead atoms. The summed E-state index contributed by atoms with van der Waals surface area (Å²) in [5.41, 5.74) is 5.64. The van der Waals surface area contributed by atoms with E-state index in [0.717, 1.165) is 52.8 Å². The number of likely N-dealkylation sites (tertiary alicyclic amines) is 1. The highest BCUT2D eigenvalue weighted by Gasteiger charge is 2.28. The first-order valence-corrected chi connectivity index (χ1v) is 34.0. The van der Waals surface area contributed by atoms with Gasteiger partial charge in [-0.05, 0) is 191 Å². The highest BCUT2D eigenvalue weighted by Crippen LogP contribution is 2.29. The molecule has 7 rings (SSSR count). The lowest BCUT2D eigenvalue weighted by Gasteiger charge is -2.31.